The highest BCUT2D eigenvalue weighted by Crippen LogP contribution is 2.37. The molecule has 0 aliphatic carbocycles. The molecule has 0 aromatic carbocycles. The predicted molar refractivity (Wildman–Crippen MR) is 73.0 cm³/mol. The summed E-state index contributed by atoms with van der Waals surface area (Å²) in [4.78, 5) is 0. The van der Waals surface area contributed by atoms with Crippen LogP contribution in [0.15, 0.2) is 0 Å². The number of halogens is 5. The van der Waals surface area contributed by atoms with Crippen LogP contribution in [0.2, 0.25) is 0 Å². The first-order valence-electron chi connectivity index (χ1n) is 7.46. The zero-order chi connectivity index (χ0) is 18.1. The van der Waals surface area contributed by atoms with Gasteiger partial charge < -0.3 is 9.29 Å². The van der Waals surface area contributed by atoms with E-state index in [1.54, 1.807) is 0 Å². The minimum atomic E-state index is -6.47. The fourth-order valence-corrected chi connectivity index (χ4v) is 2.41. The predicted octanol–water partition coefficient (Wildman–Crippen LogP) is 4.21. The Kier molecular flexibility index (Phi) is 9.53. The first-order valence-corrected chi connectivity index (χ1v) is 8.87. The molecule has 0 aliphatic rings. The fourth-order valence-electron chi connectivity index (χ4n) is 1.95. The first-order chi connectivity index (χ1) is 10.4. The number of hydrogen-bond donors (Lipinski definition) is 0. The quantitative estimate of drug-likeness (QED) is 0.294. The van der Waals surface area contributed by atoms with Crippen LogP contribution in [0.25, 0.3) is 0 Å². The van der Waals surface area contributed by atoms with Gasteiger partial charge in [0.2, 0.25) is 6.10 Å². The maximum Gasteiger partial charge on any atom is 0.421 e. The van der Waals surface area contributed by atoms with Gasteiger partial charge in [0.1, 0.15) is 0 Å². The summed E-state index contributed by atoms with van der Waals surface area (Å²) in [6.07, 6.45) is -3.18. The number of ether oxygens (including phenoxy) is 1. The van der Waals surface area contributed by atoms with Crippen LogP contribution >= 0.6 is 0 Å². The Morgan fingerprint density at radius 1 is 0.913 bits per heavy atom. The summed E-state index contributed by atoms with van der Waals surface area (Å²) in [5, 5.41) is -5.55. The van der Waals surface area contributed by atoms with Crippen molar-refractivity contribution in [2.24, 2.45) is 0 Å². The van der Waals surface area contributed by atoms with Crippen molar-refractivity contribution in [2.75, 3.05) is 6.61 Å². The minimum absolute atomic E-state index is 0.0787. The van der Waals surface area contributed by atoms with Crippen LogP contribution in [-0.4, -0.2) is 37.1 Å². The van der Waals surface area contributed by atoms with Gasteiger partial charge in [-0.25, -0.2) is 8.42 Å². The topological polar surface area (TPSA) is 66.4 Å². The molecule has 1 atom stereocenters. The molecule has 0 aromatic heterocycles. The molecule has 0 aromatic rings. The molecule has 0 radical (unpaired) electrons. The van der Waals surface area contributed by atoms with E-state index in [4.69, 9.17) is 0 Å². The van der Waals surface area contributed by atoms with Crippen LogP contribution in [0.3, 0.4) is 0 Å². The summed E-state index contributed by atoms with van der Waals surface area (Å²) in [6.45, 7) is 1.37. The van der Waals surface area contributed by atoms with Gasteiger partial charge in [0.15, 0.2) is 10.1 Å². The molecule has 10 heteroatoms. The molecule has 0 amide bonds. The van der Waals surface area contributed by atoms with Crippen molar-refractivity contribution in [3.63, 3.8) is 0 Å². The molecular formula is C13H22F5O4S-. The average Bonchev–Trinajstić information content (AvgIpc) is 2.37. The van der Waals surface area contributed by atoms with Gasteiger partial charge in [-0.3, -0.25) is 0 Å². The lowest BCUT2D eigenvalue weighted by Gasteiger charge is -2.30. The van der Waals surface area contributed by atoms with E-state index in [0.717, 1.165) is 38.5 Å². The molecule has 0 aliphatic heterocycles. The SMILES string of the molecule is CCCCCCCCCCOC(C(F)(F)F)C(F)(F)S(=O)(=O)[O-]. The largest absolute Gasteiger partial charge is 0.743 e. The molecule has 140 valence electrons. The highest BCUT2D eigenvalue weighted by atomic mass is 32.2. The van der Waals surface area contributed by atoms with Crippen molar-refractivity contribution < 1.29 is 39.7 Å². The molecule has 0 bridgehead atoms. The highest BCUT2D eigenvalue weighted by molar-refractivity contribution is 7.86. The summed E-state index contributed by atoms with van der Waals surface area (Å²) in [6, 6.07) is 0. The number of unbranched alkanes of at least 4 members (excludes halogenated alkanes) is 7. The third kappa shape index (κ3) is 8.25. The standard InChI is InChI=1S/C13H23F5O4S/c1-2-3-4-5-6-7-8-9-10-22-11(12(14,15)16)13(17,18)23(19,20)21/h11H,2-10H2,1H3,(H,19,20,21)/p-1. The van der Waals surface area contributed by atoms with Crippen molar-refractivity contribution in [1.29, 1.82) is 0 Å². The van der Waals surface area contributed by atoms with E-state index in [9.17, 15) is 34.9 Å². The third-order valence-corrected chi connectivity index (χ3v) is 4.10. The van der Waals surface area contributed by atoms with E-state index >= 15 is 0 Å². The number of hydrogen-bond acceptors (Lipinski definition) is 4. The highest BCUT2D eigenvalue weighted by Gasteiger charge is 2.61. The minimum Gasteiger partial charge on any atom is -0.743 e. The lowest BCUT2D eigenvalue weighted by molar-refractivity contribution is -0.264. The zero-order valence-electron chi connectivity index (χ0n) is 12.9. The zero-order valence-corrected chi connectivity index (χ0v) is 13.7. The molecule has 4 nitrogen and oxygen atoms in total. The van der Waals surface area contributed by atoms with Crippen LogP contribution in [0.5, 0.6) is 0 Å². The van der Waals surface area contributed by atoms with Gasteiger partial charge in [-0.1, -0.05) is 51.9 Å². The molecule has 0 fully saturated rings. The Labute approximate surface area is 133 Å². The second-order valence-corrected chi connectivity index (χ2v) is 6.74. The summed E-state index contributed by atoms with van der Waals surface area (Å²) >= 11 is 0. The number of alkyl halides is 5. The van der Waals surface area contributed by atoms with Crippen LogP contribution < -0.4 is 0 Å². The van der Waals surface area contributed by atoms with Crippen molar-refractivity contribution in [3.8, 4) is 0 Å². The second-order valence-electron chi connectivity index (χ2n) is 5.28. The lowest BCUT2D eigenvalue weighted by atomic mass is 10.1. The second kappa shape index (κ2) is 9.73. The van der Waals surface area contributed by atoms with Crippen molar-refractivity contribution in [1.82, 2.24) is 0 Å². The molecule has 0 saturated heterocycles. The summed E-state index contributed by atoms with van der Waals surface area (Å²) in [7, 11) is -6.47. The maximum absolute atomic E-state index is 13.1. The van der Waals surface area contributed by atoms with Crippen LogP contribution in [0.1, 0.15) is 58.3 Å². The van der Waals surface area contributed by atoms with E-state index in [2.05, 4.69) is 11.7 Å². The molecular weight excluding hydrogens is 347 g/mol. The Bertz CT molecular complexity index is 423. The van der Waals surface area contributed by atoms with Crippen LogP contribution in [0.4, 0.5) is 22.0 Å². The van der Waals surface area contributed by atoms with E-state index in [0.29, 0.717) is 6.42 Å². The van der Waals surface area contributed by atoms with Gasteiger partial charge in [-0.05, 0) is 6.42 Å². The molecule has 0 spiro atoms. The smallest absolute Gasteiger partial charge is 0.421 e. The van der Waals surface area contributed by atoms with Gasteiger partial charge >= 0.3 is 11.4 Å². The fraction of sp³-hybridized carbons (Fsp3) is 1.00. The Balaban J connectivity index is 4.26. The Hall–Kier alpha value is -0.480. The van der Waals surface area contributed by atoms with Crippen LogP contribution in [0, 0.1) is 0 Å². The summed E-state index contributed by atoms with van der Waals surface area (Å²) in [5.41, 5.74) is 0. The van der Waals surface area contributed by atoms with E-state index in [-0.39, 0.29) is 6.42 Å². The molecule has 1 unspecified atom stereocenters. The van der Waals surface area contributed by atoms with Gasteiger partial charge in [-0.2, -0.15) is 22.0 Å². The lowest BCUT2D eigenvalue weighted by Crippen LogP contribution is -2.51. The van der Waals surface area contributed by atoms with Gasteiger partial charge in [-0.15, -0.1) is 0 Å². The van der Waals surface area contributed by atoms with E-state index in [1.807, 2.05) is 0 Å². The van der Waals surface area contributed by atoms with Crippen molar-refractivity contribution in [2.45, 2.75) is 75.8 Å². The first kappa shape index (κ1) is 22.5. The molecule has 0 N–H and O–H groups in total. The van der Waals surface area contributed by atoms with E-state index in [1.165, 1.54) is 0 Å². The molecule has 0 rings (SSSR count). The molecule has 0 saturated carbocycles. The van der Waals surface area contributed by atoms with E-state index < -0.39 is 34.3 Å². The molecule has 0 heterocycles. The monoisotopic (exact) mass is 369 g/mol. The Morgan fingerprint density at radius 3 is 1.74 bits per heavy atom. The average molecular weight is 369 g/mol. The number of rotatable bonds is 12. The molecule has 23 heavy (non-hydrogen) atoms. The Morgan fingerprint density at radius 2 is 1.35 bits per heavy atom. The van der Waals surface area contributed by atoms with Crippen LogP contribution in [-0.2, 0) is 14.9 Å². The van der Waals surface area contributed by atoms with Crippen molar-refractivity contribution >= 4 is 10.1 Å². The van der Waals surface area contributed by atoms with Gasteiger partial charge in [0, 0.05) is 6.61 Å². The third-order valence-electron chi connectivity index (χ3n) is 3.22. The van der Waals surface area contributed by atoms with Gasteiger partial charge in [0.05, 0.1) is 0 Å². The summed E-state index contributed by atoms with van der Waals surface area (Å²) < 4.78 is 98.6. The maximum atomic E-state index is 13.1. The normalized spacial score (nSPS) is 14.9. The van der Waals surface area contributed by atoms with Gasteiger partial charge in [0.25, 0.3) is 0 Å². The van der Waals surface area contributed by atoms with Crippen molar-refractivity contribution in [3.05, 3.63) is 0 Å². The summed E-state index contributed by atoms with van der Waals surface area (Å²) in [5.74, 6) is 0.